The molecule has 0 aromatic carbocycles. The quantitative estimate of drug-likeness (QED) is 0.685. The van der Waals surface area contributed by atoms with Crippen molar-refractivity contribution in [3.05, 3.63) is 23.9 Å². The predicted molar refractivity (Wildman–Crippen MR) is 49.8 cm³/mol. The van der Waals surface area contributed by atoms with Gasteiger partial charge in [0.05, 0.1) is 24.6 Å². The Hall–Kier alpha value is -2.02. The average Bonchev–Trinajstić information content (AvgIpc) is 2.17. The molecule has 13 heavy (non-hydrogen) atoms. The summed E-state index contributed by atoms with van der Waals surface area (Å²) >= 11 is 0. The molecule has 1 heterocycles. The molecule has 4 heteroatoms. The van der Waals surface area contributed by atoms with Gasteiger partial charge in [-0.25, -0.2) is 4.98 Å². The van der Waals surface area contributed by atoms with Crippen molar-refractivity contribution in [3.63, 3.8) is 0 Å². The van der Waals surface area contributed by atoms with Gasteiger partial charge in [0.1, 0.15) is 0 Å². The third kappa shape index (κ3) is 2.20. The summed E-state index contributed by atoms with van der Waals surface area (Å²) in [6.45, 7) is 0. The van der Waals surface area contributed by atoms with E-state index in [1.165, 1.54) is 19.3 Å². The van der Waals surface area contributed by atoms with Gasteiger partial charge in [0, 0.05) is 12.1 Å². The van der Waals surface area contributed by atoms with E-state index in [0.29, 0.717) is 17.3 Å². The van der Waals surface area contributed by atoms with Crippen LogP contribution in [0.3, 0.4) is 0 Å². The fraction of sp³-hybridized carbons (Fsp3) is 0.111. The first-order valence-corrected chi connectivity index (χ1v) is 3.64. The molecule has 1 rings (SSSR count). The zero-order chi connectivity index (χ0) is 9.68. The van der Waals surface area contributed by atoms with Gasteiger partial charge in [-0.15, -0.1) is 0 Å². The average molecular weight is 175 g/mol. The van der Waals surface area contributed by atoms with E-state index in [-0.39, 0.29) is 0 Å². The number of nitrogens with zero attached hydrogens (tertiary/aromatic N) is 2. The van der Waals surface area contributed by atoms with Crippen LogP contribution in [0, 0.1) is 11.3 Å². The Balaban J connectivity index is 3.05. The van der Waals surface area contributed by atoms with Crippen LogP contribution in [0.25, 0.3) is 6.08 Å². The lowest BCUT2D eigenvalue weighted by Crippen LogP contribution is -1.95. The van der Waals surface area contributed by atoms with E-state index in [0.717, 1.165) is 0 Å². The van der Waals surface area contributed by atoms with Gasteiger partial charge in [0.2, 0.25) is 5.88 Å². The van der Waals surface area contributed by atoms with Gasteiger partial charge in [0.15, 0.2) is 0 Å². The highest BCUT2D eigenvalue weighted by Gasteiger charge is 1.98. The standard InChI is InChI=1S/C9H9N3O/c1-13-9-5-4-7(11)8(12-9)3-2-6-10/h2-5H,11H2,1H3. The van der Waals surface area contributed by atoms with E-state index in [1.54, 1.807) is 12.1 Å². The van der Waals surface area contributed by atoms with Gasteiger partial charge < -0.3 is 10.5 Å². The zero-order valence-corrected chi connectivity index (χ0v) is 7.19. The predicted octanol–water partition coefficient (Wildman–Crippen LogP) is 1.21. The van der Waals surface area contributed by atoms with Crippen LogP contribution in [0.1, 0.15) is 5.69 Å². The molecule has 0 aliphatic rings. The molecule has 0 aliphatic heterocycles. The zero-order valence-electron chi connectivity index (χ0n) is 7.19. The molecule has 0 bridgehead atoms. The number of ether oxygens (including phenoxy) is 1. The van der Waals surface area contributed by atoms with Crippen molar-refractivity contribution < 1.29 is 4.74 Å². The highest BCUT2D eigenvalue weighted by Crippen LogP contribution is 2.15. The van der Waals surface area contributed by atoms with E-state index in [2.05, 4.69) is 4.98 Å². The van der Waals surface area contributed by atoms with E-state index >= 15 is 0 Å². The molecule has 0 saturated heterocycles. The topological polar surface area (TPSA) is 71.9 Å². The minimum atomic E-state index is 0.479. The lowest BCUT2D eigenvalue weighted by molar-refractivity contribution is 0.398. The molecule has 1 aromatic heterocycles. The summed E-state index contributed by atoms with van der Waals surface area (Å²) in [5.41, 5.74) is 6.67. The minimum Gasteiger partial charge on any atom is -0.481 e. The van der Waals surface area contributed by atoms with Gasteiger partial charge >= 0.3 is 0 Å². The van der Waals surface area contributed by atoms with E-state index in [1.807, 2.05) is 6.07 Å². The summed E-state index contributed by atoms with van der Waals surface area (Å²) in [7, 11) is 1.52. The van der Waals surface area contributed by atoms with Crippen LogP contribution >= 0.6 is 0 Å². The number of rotatable bonds is 2. The lowest BCUT2D eigenvalue weighted by Gasteiger charge is -2.01. The number of pyridine rings is 1. The summed E-state index contributed by atoms with van der Waals surface area (Å²) in [6.07, 6.45) is 2.86. The monoisotopic (exact) mass is 175 g/mol. The first-order valence-electron chi connectivity index (χ1n) is 3.64. The highest BCUT2D eigenvalue weighted by atomic mass is 16.5. The maximum absolute atomic E-state index is 8.31. The molecular weight excluding hydrogens is 166 g/mol. The Labute approximate surface area is 76.3 Å². The lowest BCUT2D eigenvalue weighted by atomic mass is 10.3. The molecule has 0 spiro atoms. The number of hydrogen-bond acceptors (Lipinski definition) is 4. The summed E-state index contributed by atoms with van der Waals surface area (Å²) in [5, 5.41) is 8.31. The normalized spacial score (nSPS) is 9.85. The van der Waals surface area contributed by atoms with Crippen molar-refractivity contribution in [3.8, 4) is 11.9 Å². The Morgan fingerprint density at radius 3 is 3.00 bits per heavy atom. The second kappa shape index (κ2) is 4.12. The highest BCUT2D eigenvalue weighted by molar-refractivity contribution is 5.62. The van der Waals surface area contributed by atoms with Gasteiger partial charge in [-0.3, -0.25) is 0 Å². The summed E-state index contributed by atoms with van der Waals surface area (Å²) in [6, 6.07) is 5.21. The van der Waals surface area contributed by atoms with E-state index in [4.69, 9.17) is 15.7 Å². The number of aromatic nitrogens is 1. The number of nitrogen functional groups attached to an aromatic ring is 1. The van der Waals surface area contributed by atoms with E-state index in [9.17, 15) is 0 Å². The van der Waals surface area contributed by atoms with Crippen molar-refractivity contribution >= 4 is 11.8 Å². The Morgan fingerprint density at radius 2 is 2.38 bits per heavy atom. The molecule has 0 radical (unpaired) electrons. The van der Waals surface area contributed by atoms with Crippen LogP contribution < -0.4 is 10.5 Å². The number of anilines is 1. The maximum Gasteiger partial charge on any atom is 0.213 e. The van der Waals surface area contributed by atoms with Gasteiger partial charge in [-0.2, -0.15) is 5.26 Å². The van der Waals surface area contributed by atoms with Crippen molar-refractivity contribution in [1.82, 2.24) is 4.98 Å². The molecular formula is C9H9N3O. The van der Waals surface area contributed by atoms with Crippen molar-refractivity contribution in [2.24, 2.45) is 0 Å². The Bertz CT molecular complexity index is 366. The number of nitrogens with two attached hydrogens (primary N) is 1. The molecule has 66 valence electrons. The molecule has 2 N–H and O–H groups in total. The molecule has 0 atom stereocenters. The number of allylic oxidation sites excluding steroid dienone is 1. The molecule has 0 amide bonds. The summed E-state index contributed by atoms with van der Waals surface area (Å²) in [4.78, 5) is 4.04. The largest absolute Gasteiger partial charge is 0.481 e. The van der Waals surface area contributed by atoms with Crippen molar-refractivity contribution in [2.75, 3.05) is 12.8 Å². The van der Waals surface area contributed by atoms with Gasteiger partial charge in [-0.05, 0) is 12.1 Å². The maximum atomic E-state index is 8.31. The third-order valence-electron chi connectivity index (χ3n) is 1.46. The Kier molecular flexibility index (Phi) is 2.87. The number of hydrogen-bond donors (Lipinski definition) is 1. The second-order valence-electron chi connectivity index (χ2n) is 2.29. The molecule has 0 fully saturated rings. The number of methoxy groups -OCH3 is 1. The first kappa shape index (κ1) is 9.07. The number of nitriles is 1. The molecule has 0 unspecified atom stereocenters. The van der Waals surface area contributed by atoms with Crippen molar-refractivity contribution in [2.45, 2.75) is 0 Å². The second-order valence-corrected chi connectivity index (χ2v) is 2.29. The minimum absolute atomic E-state index is 0.479. The van der Waals surface area contributed by atoms with Crippen LogP contribution in [0.15, 0.2) is 18.2 Å². The molecule has 1 aromatic rings. The summed E-state index contributed by atoms with van der Waals surface area (Å²) in [5.74, 6) is 0.479. The third-order valence-corrected chi connectivity index (χ3v) is 1.46. The fourth-order valence-corrected chi connectivity index (χ4v) is 0.830. The van der Waals surface area contributed by atoms with Crippen LogP contribution in [0.4, 0.5) is 5.69 Å². The van der Waals surface area contributed by atoms with Crippen LogP contribution in [0.2, 0.25) is 0 Å². The van der Waals surface area contributed by atoms with E-state index < -0.39 is 0 Å². The van der Waals surface area contributed by atoms with Gasteiger partial charge in [0.25, 0.3) is 0 Å². The molecule has 0 saturated carbocycles. The first-order chi connectivity index (χ1) is 6.27. The summed E-state index contributed by atoms with van der Waals surface area (Å²) < 4.78 is 4.91. The molecule has 0 aliphatic carbocycles. The van der Waals surface area contributed by atoms with Crippen molar-refractivity contribution in [1.29, 1.82) is 5.26 Å². The van der Waals surface area contributed by atoms with Gasteiger partial charge in [-0.1, -0.05) is 0 Å². The molecule has 4 nitrogen and oxygen atoms in total. The SMILES string of the molecule is COc1ccc(N)c(C=CC#N)n1. The van der Waals surface area contributed by atoms with Crippen LogP contribution in [0.5, 0.6) is 5.88 Å². The van der Waals surface area contributed by atoms with Crippen LogP contribution in [-0.4, -0.2) is 12.1 Å². The van der Waals surface area contributed by atoms with Crippen LogP contribution in [-0.2, 0) is 0 Å². The fourth-order valence-electron chi connectivity index (χ4n) is 0.830. The smallest absolute Gasteiger partial charge is 0.213 e. The Morgan fingerprint density at radius 1 is 1.62 bits per heavy atom.